The zero-order valence-electron chi connectivity index (χ0n) is 23.6. The number of hydrogen-bond acceptors (Lipinski definition) is 6. The lowest BCUT2D eigenvalue weighted by Gasteiger charge is -2.33. The van der Waals surface area contributed by atoms with Crippen LogP contribution in [0.2, 0.25) is 0 Å². The van der Waals surface area contributed by atoms with Crippen LogP contribution in [0.5, 0.6) is 11.5 Å². The first-order valence-electron chi connectivity index (χ1n) is 13.0. The van der Waals surface area contributed by atoms with Crippen molar-refractivity contribution in [1.82, 2.24) is 10.2 Å². The third-order valence-electron chi connectivity index (χ3n) is 6.66. The van der Waals surface area contributed by atoms with Crippen LogP contribution in [0.15, 0.2) is 77.7 Å². The molecule has 0 aliphatic heterocycles. The summed E-state index contributed by atoms with van der Waals surface area (Å²) in [6.07, 6.45) is 0.875. The number of nitrogens with zero attached hydrogens (tertiary/aromatic N) is 2. The predicted octanol–water partition coefficient (Wildman–Crippen LogP) is 3.80. The van der Waals surface area contributed by atoms with Crippen LogP contribution in [-0.4, -0.2) is 65.5 Å². The first-order chi connectivity index (χ1) is 19.2. The van der Waals surface area contributed by atoms with Crippen LogP contribution >= 0.6 is 0 Å². The summed E-state index contributed by atoms with van der Waals surface area (Å²) < 4.78 is 39.7. The summed E-state index contributed by atoms with van der Waals surface area (Å²) in [5.74, 6) is -0.179. The van der Waals surface area contributed by atoms with Gasteiger partial charge in [-0.3, -0.25) is 13.9 Å². The molecule has 0 saturated heterocycles. The smallest absolute Gasteiger partial charge is 0.264 e. The maximum absolute atomic E-state index is 14.0. The lowest BCUT2D eigenvalue weighted by molar-refractivity contribution is -0.139. The third-order valence-corrected chi connectivity index (χ3v) is 8.43. The van der Waals surface area contributed by atoms with Crippen molar-refractivity contribution < 1.29 is 27.5 Å². The van der Waals surface area contributed by atoms with Gasteiger partial charge in [-0.1, -0.05) is 55.0 Å². The number of ether oxygens (including phenoxy) is 2. The third kappa shape index (κ3) is 7.12. The molecule has 2 amide bonds. The summed E-state index contributed by atoms with van der Waals surface area (Å²) in [5, 5.41) is 2.63. The van der Waals surface area contributed by atoms with Crippen molar-refractivity contribution in [3.8, 4) is 11.5 Å². The Labute approximate surface area is 236 Å². The summed E-state index contributed by atoms with van der Waals surface area (Å²) in [6, 6.07) is 20.0. The van der Waals surface area contributed by atoms with Gasteiger partial charge in [0.25, 0.3) is 10.0 Å². The number of likely N-dealkylation sites (N-methyl/N-ethyl adjacent to an activating group) is 1. The first-order valence-corrected chi connectivity index (χ1v) is 14.5. The predicted molar refractivity (Wildman–Crippen MR) is 155 cm³/mol. The fourth-order valence-corrected chi connectivity index (χ4v) is 5.84. The van der Waals surface area contributed by atoms with Crippen LogP contribution in [0.25, 0.3) is 0 Å². The Kier molecular flexibility index (Phi) is 10.6. The van der Waals surface area contributed by atoms with E-state index < -0.39 is 28.5 Å². The molecule has 0 saturated carbocycles. The van der Waals surface area contributed by atoms with Crippen molar-refractivity contribution in [3.63, 3.8) is 0 Å². The van der Waals surface area contributed by atoms with Gasteiger partial charge in [0, 0.05) is 19.7 Å². The first kappa shape index (κ1) is 30.5. The second kappa shape index (κ2) is 13.8. The van der Waals surface area contributed by atoms with Gasteiger partial charge in [-0.15, -0.1) is 0 Å². The topological polar surface area (TPSA) is 105 Å². The molecule has 0 unspecified atom stereocenters. The summed E-state index contributed by atoms with van der Waals surface area (Å²) in [4.78, 5) is 28.1. The number of nitrogens with one attached hydrogen (secondary N) is 1. The molecular weight excluding hydrogens is 530 g/mol. The Balaban J connectivity index is 2.04. The Bertz CT molecular complexity index is 1390. The fraction of sp³-hybridized carbons (Fsp3) is 0.333. The largest absolute Gasteiger partial charge is 0.493 e. The van der Waals surface area contributed by atoms with E-state index in [1.165, 1.54) is 44.4 Å². The van der Waals surface area contributed by atoms with Crippen molar-refractivity contribution in [3.05, 3.63) is 83.9 Å². The molecular formula is C30H37N3O6S. The summed E-state index contributed by atoms with van der Waals surface area (Å²) in [6.45, 7) is 3.46. The molecule has 0 radical (unpaired) electrons. The van der Waals surface area contributed by atoms with E-state index in [1.54, 1.807) is 24.3 Å². The molecule has 0 aliphatic carbocycles. The van der Waals surface area contributed by atoms with Gasteiger partial charge < -0.3 is 19.7 Å². The van der Waals surface area contributed by atoms with Gasteiger partial charge in [-0.25, -0.2) is 8.42 Å². The maximum atomic E-state index is 14.0. The number of hydrogen-bond donors (Lipinski definition) is 1. The molecule has 3 aromatic rings. The van der Waals surface area contributed by atoms with Crippen molar-refractivity contribution in [2.75, 3.05) is 38.7 Å². The quantitative estimate of drug-likeness (QED) is 0.337. The Morgan fingerprint density at radius 2 is 1.57 bits per heavy atom. The van der Waals surface area contributed by atoms with Crippen LogP contribution in [0.4, 0.5) is 5.69 Å². The normalized spacial score (nSPS) is 11.8. The molecule has 1 N–H and O–H groups in total. The van der Waals surface area contributed by atoms with Crippen molar-refractivity contribution in [2.24, 2.45) is 0 Å². The van der Waals surface area contributed by atoms with E-state index in [4.69, 9.17) is 9.47 Å². The lowest BCUT2D eigenvalue weighted by atomic mass is 10.1. The number of aryl methyl sites for hydroxylation is 1. The minimum atomic E-state index is -4.23. The highest BCUT2D eigenvalue weighted by Gasteiger charge is 2.33. The van der Waals surface area contributed by atoms with Crippen LogP contribution in [0.3, 0.4) is 0 Å². The van der Waals surface area contributed by atoms with Gasteiger partial charge in [0.2, 0.25) is 11.8 Å². The van der Waals surface area contributed by atoms with Gasteiger partial charge >= 0.3 is 0 Å². The number of rotatable bonds is 13. The number of methoxy groups -OCH3 is 2. The van der Waals surface area contributed by atoms with E-state index in [1.807, 2.05) is 44.2 Å². The van der Waals surface area contributed by atoms with Crippen molar-refractivity contribution >= 4 is 27.5 Å². The average molecular weight is 568 g/mol. The highest BCUT2D eigenvalue weighted by molar-refractivity contribution is 7.92. The molecule has 0 heterocycles. The molecule has 9 nitrogen and oxygen atoms in total. The fourth-order valence-electron chi connectivity index (χ4n) is 4.41. The molecule has 1 atom stereocenters. The van der Waals surface area contributed by atoms with Crippen LogP contribution in [0.1, 0.15) is 24.5 Å². The number of carbonyl (C=O) groups is 2. The number of amides is 2. The maximum Gasteiger partial charge on any atom is 0.264 e. The van der Waals surface area contributed by atoms with E-state index in [-0.39, 0.29) is 23.1 Å². The van der Waals surface area contributed by atoms with Crippen LogP contribution < -0.4 is 19.1 Å². The molecule has 0 aliphatic rings. The highest BCUT2D eigenvalue weighted by atomic mass is 32.2. The second-order valence-corrected chi connectivity index (χ2v) is 11.1. The average Bonchev–Trinajstić information content (AvgIpc) is 2.98. The van der Waals surface area contributed by atoms with Gasteiger partial charge in [0.1, 0.15) is 12.6 Å². The molecule has 10 heteroatoms. The molecule has 0 fully saturated rings. The van der Waals surface area contributed by atoms with Gasteiger partial charge in [-0.2, -0.15) is 0 Å². The number of sulfonamides is 1. The molecule has 0 bridgehead atoms. The van der Waals surface area contributed by atoms with Gasteiger partial charge in [0.15, 0.2) is 11.5 Å². The van der Waals surface area contributed by atoms with Crippen LogP contribution in [0, 0.1) is 6.92 Å². The SMILES string of the molecule is CC[C@H](C(=O)NC)N(CCc1ccccc1)C(=O)CN(c1ccc(C)cc1)S(=O)(=O)c1ccc(OC)c(OC)c1. The molecule has 3 rings (SSSR count). The van der Waals surface area contributed by atoms with Crippen molar-refractivity contribution in [2.45, 2.75) is 37.6 Å². The summed E-state index contributed by atoms with van der Waals surface area (Å²) in [7, 11) is 0.173. The van der Waals surface area contributed by atoms with E-state index >= 15 is 0 Å². The van der Waals surface area contributed by atoms with E-state index in [9.17, 15) is 18.0 Å². The lowest BCUT2D eigenvalue weighted by Crippen LogP contribution is -2.52. The molecule has 0 aromatic heterocycles. The molecule has 214 valence electrons. The Morgan fingerprint density at radius 3 is 2.15 bits per heavy atom. The van der Waals surface area contributed by atoms with E-state index in [0.29, 0.717) is 24.3 Å². The zero-order chi connectivity index (χ0) is 29.3. The Hall–Kier alpha value is -4.05. The second-order valence-electron chi connectivity index (χ2n) is 9.23. The zero-order valence-corrected chi connectivity index (χ0v) is 24.4. The molecule has 0 spiro atoms. The summed E-state index contributed by atoms with van der Waals surface area (Å²) >= 11 is 0. The summed E-state index contributed by atoms with van der Waals surface area (Å²) in [5.41, 5.74) is 2.26. The number of carbonyl (C=O) groups excluding carboxylic acids is 2. The molecule has 3 aromatic carbocycles. The van der Waals surface area contributed by atoms with E-state index in [2.05, 4.69) is 5.32 Å². The van der Waals surface area contributed by atoms with Gasteiger partial charge in [-0.05, 0) is 49.6 Å². The number of benzene rings is 3. The van der Waals surface area contributed by atoms with Gasteiger partial charge in [0.05, 0.1) is 24.8 Å². The Morgan fingerprint density at radius 1 is 0.925 bits per heavy atom. The number of anilines is 1. The monoisotopic (exact) mass is 567 g/mol. The minimum absolute atomic E-state index is 0.0623. The van der Waals surface area contributed by atoms with Crippen LogP contribution in [-0.2, 0) is 26.0 Å². The highest BCUT2D eigenvalue weighted by Crippen LogP contribution is 2.32. The standard InChI is InChI=1S/C30H37N3O6S/c1-6-26(30(35)31-3)32(19-18-23-10-8-7-9-11-23)29(34)21-33(24-14-12-22(2)13-15-24)40(36,37)25-16-17-27(38-4)28(20-25)39-5/h7-17,20,26H,6,18-19,21H2,1-5H3,(H,31,35)/t26-/m1/s1. The van der Waals surface area contributed by atoms with E-state index in [0.717, 1.165) is 15.4 Å². The van der Waals surface area contributed by atoms with Crippen molar-refractivity contribution in [1.29, 1.82) is 0 Å². The molecule has 40 heavy (non-hydrogen) atoms. The minimum Gasteiger partial charge on any atom is -0.493 e.